The van der Waals surface area contributed by atoms with E-state index in [9.17, 15) is 5.11 Å². The van der Waals surface area contributed by atoms with Crippen LogP contribution in [0.2, 0.25) is 0 Å². The smallest absolute Gasteiger partial charge is 0.161 e. The normalized spacial score (nSPS) is 20.8. The number of aliphatic hydroxyl groups is 1. The lowest BCUT2D eigenvalue weighted by Gasteiger charge is -2.34. The molecule has 0 aliphatic carbocycles. The third-order valence-corrected chi connectivity index (χ3v) is 5.30. The maximum absolute atomic E-state index is 10.3. The molecule has 150 valence electrons. The first-order chi connectivity index (χ1) is 13.8. The van der Waals surface area contributed by atoms with Crippen LogP contribution < -0.4 is 19.3 Å². The van der Waals surface area contributed by atoms with E-state index < -0.39 is 6.10 Å². The highest BCUT2D eigenvalue weighted by Crippen LogP contribution is 2.30. The molecule has 0 unspecified atom stereocenters. The maximum Gasteiger partial charge on any atom is 0.161 e. The van der Waals surface area contributed by atoms with Crippen LogP contribution in [0.15, 0.2) is 54.6 Å². The van der Waals surface area contributed by atoms with Gasteiger partial charge in [0.15, 0.2) is 17.6 Å². The number of nitrogens with zero attached hydrogens (tertiary/aromatic N) is 1. The third-order valence-electron chi connectivity index (χ3n) is 5.30. The van der Waals surface area contributed by atoms with Crippen molar-refractivity contribution in [1.29, 1.82) is 0 Å². The molecular formula is C22H29N2O4+. The van der Waals surface area contributed by atoms with E-state index in [0.717, 1.165) is 37.7 Å². The van der Waals surface area contributed by atoms with Gasteiger partial charge in [0.25, 0.3) is 0 Å². The van der Waals surface area contributed by atoms with Gasteiger partial charge in [-0.3, -0.25) is 0 Å². The topological polar surface area (TPSA) is 55.6 Å². The number of hydrogen-bond acceptors (Lipinski definition) is 5. The zero-order valence-corrected chi connectivity index (χ0v) is 16.1. The number of nitrogens with one attached hydrogen (secondary N) is 1. The van der Waals surface area contributed by atoms with E-state index in [2.05, 4.69) is 29.2 Å². The summed E-state index contributed by atoms with van der Waals surface area (Å²) in [5, 5.41) is 10.3. The van der Waals surface area contributed by atoms with Crippen molar-refractivity contribution in [3.8, 4) is 11.5 Å². The van der Waals surface area contributed by atoms with Crippen molar-refractivity contribution in [2.24, 2.45) is 0 Å². The second-order valence-corrected chi connectivity index (χ2v) is 7.47. The Morgan fingerprint density at radius 3 is 2.54 bits per heavy atom. The summed E-state index contributed by atoms with van der Waals surface area (Å²) in [6, 6.07) is 18.2. The number of ether oxygens (including phenoxy) is 3. The number of para-hydroxylation sites is 3. The van der Waals surface area contributed by atoms with Gasteiger partial charge in [-0.2, -0.15) is 0 Å². The van der Waals surface area contributed by atoms with Gasteiger partial charge in [-0.05, 0) is 24.3 Å². The van der Waals surface area contributed by atoms with Crippen LogP contribution in [0.3, 0.4) is 0 Å². The summed E-state index contributed by atoms with van der Waals surface area (Å²) in [5.41, 5.74) is 1.28. The fourth-order valence-electron chi connectivity index (χ4n) is 3.80. The van der Waals surface area contributed by atoms with Crippen molar-refractivity contribution in [3.63, 3.8) is 0 Å². The first-order valence-electron chi connectivity index (χ1n) is 10.1. The lowest BCUT2D eigenvalue weighted by Crippen LogP contribution is -3.16. The molecule has 28 heavy (non-hydrogen) atoms. The van der Waals surface area contributed by atoms with E-state index in [1.54, 1.807) is 0 Å². The molecule has 0 radical (unpaired) electrons. The highest BCUT2D eigenvalue weighted by Gasteiger charge is 2.24. The minimum absolute atomic E-state index is 0.135. The van der Waals surface area contributed by atoms with Gasteiger partial charge < -0.3 is 29.1 Å². The SMILES string of the molecule is O[C@H](COC[C@H]1COc2ccccc2O1)C[NH+]1CCN(c2ccccc2)CC1. The zero-order valence-electron chi connectivity index (χ0n) is 16.1. The van der Waals surface area contributed by atoms with E-state index in [0.29, 0.717) is 26.4 Å². The molecule has 2 heterocycles. The quantitative estimate of drug-likeness (QED) is 0.732. The third kappa shape index (κ3) is 4.95. The number of quaternary nitrogens is 1. The molecule has 4 rings (SSSR count). The molecular weight excluding hydrogens is 356 g/mol. The van der Waals surface area contributed by atoms with E-state index in [4.69, 9.17) is 14.2 Å². The molecule has 1 fully saturated rings. The number of piperazine rings is 1. The van der Waals surface area contributed by atoms with E-state index in [1.807, 2.05) is 30.3 Å². The Balaban J connectivity index is 1.14. The Bertz CT molecular complexity index is 734. The molecule has 6 nitrogen and oxygen atoms in total. The lowest BCUT2D eigenvalue weighted by molar-refractivity contribution is -0.903. The van der Waals surface area contributed by atoms with E-state index >= 15 is 0 Å². The molecule has 0 saturated carbocycles. The summed E-state index contributed by atoms with van der Waals surface area (Å²) in [6.07, 6.45) is -0.598. The number of anilines is 1. The van der Waals surface area contributed by atoms with Crippen LogP contribution in [0.1, 0.15) is 0 Å². The largest absolute Gasteiger partial charge is 0.486 e. The van der Waals surface area contributed by atoms with Crippen LogP contribution in [-0.4, -0.2) is 69.9 Å². The standard InChI is InChI=1S/C22H28N2O4/c25-19(14-23-10-12-24(13-11-23)18-6-2-1-3-7-18)15-26-16-20-17-27-21-8-4-5-9-22(21)28-20/h1-9,19-20,25H,10-17H2/p+1/t19-,20-/m0/s1. The first-order valence-corrected chi connectivity index (χ1v) is 10.1. The molecule has 0 bridgehead atoms. The molecule has 0 amide bonds. The second kappa shape index (κ2) is 9.28. The average Bonchev–Trinajstić information content (AvgIpc) is 2.75. The molecule has 2 aromatic rings. The van der Waals surface area contributed by atoms with Gasteiger partial charge >= 0.3 is 0 Å². The number of rotatable bonds is 7. The van der Waals surface area contributed by atoms with Crippen molar-refractivity contribution in [1.82, 2.24) is 0 Å². The summed E-state index contributed by atoms with van der Waals surface area (Å²) in [6.45, 7) is 6.02. The van der Waals surface area contributed by atoms with Gasteiger partial charge in [-0.15, -0.1) is 0 Å². The number of hydrogen-bond donors (Lipinski definition) is 2. The highest BCUT2D eigenvalue weighted by atomic mass is 16.6. The van der Waals surface area contributed by atoms with Crippen molar-refractivity contribution in [2.75, 3.05) is 57.4 Å². The van der Waals surface area contributed by atoms with Crippen molar-refractivity contribution >= 4 is 5.69 Å². The van der Waals surface area contributed by atoms with E-state index in [-0.39, 0.29) is 6.10 Å². The van der Waals surface area contributed by atoms with Crippen LogP contribution in [0, 0.1) is 0 Å². The average molecular weight is 385 g/mol. The molecule has 2 atom stereocenters. The molecule has 6 heteroatoms. The monoisotopic (exact) mass is 385 g/mol. The molecule has 0 spiro atoms. The Hall–Kier alpha value is -2.28. The van der Waals surface area contributed by atoms with Gasteiger partial charge in [0, 0.05) is 5.69 Å². The van der Waals surface area contributed by atoms with Crippen LogP contribution in [-0.2, 0) is 4.74 Å². The van der Waals surface area contributed by atoms with Gasteiger partial charge in [-0.1, -0.05) is 30.3 Å². The summed E-state index contributed by atoms with van der Waals surface area (Å²) < 4.78 is 17.3. The summed E-state index contributed by atoms with van der Waals surface area (Å²) in [7, 11) is 0. The Morgan fingerprint density at radius 2 is 1.75 bits per heavy atom. The van der Waals surface area contributed by atoms with Crippen LogP contribution in [0.5, 0.6) is 11.5 Å². The Morgan fingerprint density at radius 1 is 1.04 bits per heavy atom. The van der Waals surface area contributed by atoms with Gasteiger partial charge in [0.2, 0.25) is 0 Å². The van der Waals surface area contributed by atoms with Gasteiger partial charge in [0.05, 0.1) is 39.4 Å². The van der Waals surface area contributed by atoms with Crippen LogP contribution in [0.4, 0.5) is 5.69 Å². The van der Waals surface area contributed by atoms with Crippen LogP contribution in [0.25, 0.3) is 0 Å². The predicted molar refractivity (Wildman–Crippen MR) is 107 cm³/mol. The first kappa shape index (κ1) is 19.1. The molecule has 2 aromatic carbocycles. The lowest BCUT2D eigenvalue weighted by atomic mass is 10.2. The van der Waals surface area contributed by atoms with Gasteiger partial charge in [-0.25, -0.2) is 0 Å². The van der Waals surface area contributed by atoms with Crippen molar-refractivity contribution in [2.45, 2.75) is 12.2 Å². The molecule has 1 saturated heterocycles. The number of aliphatic hydroxyl groups excluding tert-OH is 1. The molecule has 2 aliphatic rings. The summed E-state index contributed by atoms with van der Waals surface area (Å²) >= 11 is 0. The van der Waals surface area contributed by atoms with E-state index in [1.165, 1.54) is 10.6 Å². The Labute approximate surface area is 166 Å². The molecule has 2 aliphatic heterocycles. The summed E-state index contributed by atoms with van der Waals surface area (Å²) in [5.74, 6) is 1.53. The molecule has 0 aromatic heterocycles. The zero-order chi connectivity index (χ0) is 19.2. The summed E-state index contributed by atoms with van der Waals surface area (Å²) in [4.78, 5) is 3.83. The fraction of sp³-hybridized carbons (Fsp3) is 0.455. The van der Waals surface area contributed by atoms with Crippen molar-refractivity contribution < 1.29 is 24.2 Å². The Kier molecular flexibility index (Phi) is 6.31. The highest BCUT2D eigenvalue weighted by molar-refractivity contribution is 5.46. The van der Waals surface area contributed by atoms with Crippen molar-refractivity contribution in [3.05, 3.63) is 54.6 Å². The number of benzene rings is 2. The van der Waals surface area contributed by atoms with Crippen LogP contribution >= 0.6 is 0 Å². The fourth-order valence-corrected chi connectivity index (χ4v) is 3.80. The van der Waals surface area contributed by atoms with Gasteiger partial charge in [0.1, 0.15) is 19.3 Å². The number of fused-ring (bicyclic) bond motifs is 1. The minimum atomic E-state index is -0.463. The second-order valence-electron chi connectivity index (χ2n) is 7.47. The minimum Gasteiger partial charge on any atom is -0.486 e. The molecule has 2 N–H and O–H groups in total. The predicted octanol–water partition coefficient (Wildman–Crippen LogP) is 0.609. The maximum atomic E-state index is 10.3.